The van der Waals surface area contributed by atoms with E-state index in [1.165, 1.54) is 5.56 Å². The maximum absolute atomic E-state index is 5.35. The first-order valence-electron chi connectivity index (χ1n) is 7.31. The fraction of sp³-hybridized carbons (Fsp3) is 0.0556. The van der Waals surface area contributed by atoms with Crippen molar-refractivity contribution in [1.29, 1.82) is 0 Å². The van der Waals surface area contributed by atoms with Gasteiger partial charge in [0.1, 0.15) is 5.69 Å². The van der Waals surface area contributed by atoms with Gasteiger partial charge < -0.3 is 4.52 Å². The van der Waals surface area contributed by atoms with Crippen LogP contribution in [-0.4, -0.2) is 20.3 Å². The molecule has 0 aliphatic carbocycles. The molecule has 5 heteroatoms. The molecule has 1 N–H and O–H groups in total. The lowest BCUT2D eigenvalue weighted by atomic mass is 10.1. The molecule has 2 aromatic carbocycles. The minimum atomic E-state index is 0.426. The van der Waals surface area contributed by atoms with E-state index in [1.807, 2.05) is 67.6 Å². The summed E-state index contributed by atoms with van der Waals surface area (Å²) in [6, 6.07) is 19.8. The molecule has 0 spiro atoms. The topological polar surface area (TPSA) is 67.6 Å². The SMILES string of the molecule is Cc1ccc(-c2noc(-c3cc(-c4ccccc4)n[nH]3)n2)cc1. The lowest BCUT2D eigenvalue weighted by Crippen LogP contribution is -1.81. The van der Waals surface area contributed by atoms with Crippen molar-refractivity contribution in [2.24, 2.45) is 0 Å². The summed E-state index contributed by atoms with van der Waals surface area (Å²) in [6.07, 6.45) is 0. The maximum atomic E-state index is 5.35. The number of nitrogens with one attached hydrogen (secondary N) is 1. The Morgan fingerprint density at radius 1 is 0.913 bits per heavy atom. The molecule has 23 heavy (non-hydrogen) atoms. The smallest absolute Gasteiger partial charge is 0.276 e. The molecule has 5 nitrogen and oxygen atoms in total. The first-order chi connectivity index (χ1) is 11.3. The molecule has 0 fully saturated rings. The molecule has 2 heterocycles. The van der Waals surface area contributed by atoms with E-state index in [-0.39, 0.29) is 0 Å². The number of aromatic amines is 1. The van der Waals surface area contributed by atoms with E-state index in [0.717, 1.165) is 16.8 Å². The van der Waals surface area contributed by atoms with Crippen LogP contribution < -0.4 is 0 Å². The van der Waals surface area contributed by atoms with Crippen molar-refractivity contribution in [2.75, 3.05) is 0 Å². The molecule has 112 valence electrons. The van der Waals surface area contributed by atoms with Crippen molar-refractivity contribution >= 4 is 0 Å². The van der Waals surface area contributed by atoms with E-state index in [4.69, 9.17) is 4.52 Å². The second kappa shape index (κ2) is 5.53. The zero-order valence-corrected chi connectivity index (χ0v) is 12.5. The van der Waals surface area contributed by atoms with Gasteiger partial charge in [-0.1, -0.05) is 65.3 Å². The van der Waals surface area contributed by atoms with Crippen LogP contribution in [0.15, 0.2) is 65.2 Å². The Hall–Kier alpha value is -3.21. The third-order valence-electron chi connectivity index (χ3n) is 3.61. The number of H-pyrrole nitrogens is 1. The van der Waals surface area contributed by atoms with E-state index in [9.17, 15) is 0 Å². The number of benzene rings is 2. The number of aromatic nitrogens is 4. The summed E-state index contributed by atoms with van der Waals surface area (Å²) in [6.45, 7) is 2.04. The van der Waals surface area contributed by atoms with Crippen LogP contribution in [0.2, 0.25) is 0 Å². The average Bonchev–Trinajstić information content (AvgIpc) is 3.26. The number of rotatable bonds is 3. The molecule has 2 aromatic heterocycles. The maximum Gasteiger partial charge on any atom is 0.276 e. The Balaban J connectivity index is 1.65. The van der Waals surface area contributed by atoms with E-state index >= 15 is 0 Å². The van der Waals surface area contributed by atoms with Crippen molar-refractivity contribution in [3.8, 4) is 34.2 Å². The minimum Gasteiger partial charge on any atom is -0.332 e. The number of hydrogen-bond acceptors (Lipinski definition) is 4. The van der Waals surface area contributed by atoms with Crippen molar-refractivity contribution in [3.63, 3.8) is 0 Å². The summed E-state index contributed by atoms with van der Waals surface area (Å²) in [5.74, 6) is 0.992. The van der Waals surface area contributed by atoms with Crippen LogP contribution in [0.1, 0.15) is 5.56 Å². The van der Waals surface area contributed by atoms with Gasteiger partial charge in [0.15, 0.2) is 0 Å². The molecule has 0 aliphatic heterocycles. The molecular formula is C18H14N4O. The molecule has 0 radical (unpaired) electrons. The standard InChI is InChI=1S/C18H14N4O/c1-12-7-9-14(10-8-12)17-19-18(23-22-17)16-11-15(20-21-16)13-5-3-2-4-6-13/h2-11H,1H3,(H,20,21). The Kier molecular flexibility index (Phi) is 3.24. The fourth-order valence-electron chi connectivity index (χ4n) is 2.34. The molecule has 4 aromatic rings. The highest BCUT2D eigenvalue weighted by Crippen LogP contribution is 2.24. The van der Waals surface area contributed by atoms with Gasteiger partial charge in [0, 0.05) is 11.1 Å². The van der Waals surface area contributed by atoms with Gasteiger partial charge >= 0.3 is 0 Å². The van der Waals surface area contributed by atoms with Crippen LogP contribution in [-0.2, 0) is 0 Å². The van der Waals surface area contributed by atoms with E-state index < -0.39 is 0 Å². The number of hydrogen-bond donors (Lipinski definition) is 1. The van der Waals surface area contributed by atoms with Crippen LogP contribution in [0.5, 0.6) is 0 Å². The molecule has 0 saturated heterocycles. The van der Waals surface area contributed by atoms with Gasteiger partial charge in [0.25, 0.3) is 5.89 Å². The van der Waals surface area contributed by atoms with Crippen LogP contribution >= 0.6 is 0 Å². The summed E-state index contributed by atoms with van der Waals surface area (Å²) in [5, 5.41) is 11.3. The third kappa shape index (κ3) is 2.64. The minimum absolute atomic E-state index is 0.426. The van der Waals surface area contributed by atoms with Crippen molar-refractivity contribution in [3.05, 3.63) is 66.2 Å². The highest BCUT2D eigenvalue weighted by Gasteiger charge is 2.13. The van der Waals surface area contributed by atoms with Gasteiger partial charge in [-0.15, -0.1) is 0 Å². The molecular weight excluding hydrogens is 288 g/mol. The van der Waals surface area contributed by atoms with Gasteiger partial charge in [0.05, 0.1) is 5.69 Å². The summed E-state index contributed by atoms with van der Waals surface area (Å²) in [5.41, 5.74) is 4.70. The highest BCUT2D eigenvalue weighted by molar-refractivity contribution is 5.65. The van der Waals surface area contributed by atoms with Crippen molar-refractivity contribution in [2.45, 2.75) is 6.92 Å². The Labute approximate surface area is 133 Å². The first-order valence-corrected chi connectivity index (χ1v) is 7.31. The quantitative estimate of drug-likeness (QED) is 0.618. The monoisotopic (exact) mass is 302 g/mol. The molecule has 0 unspecified atom stereocenters. The summed E-state index contributed by atoms with van der Waals surface area (Å²) in [4.78, 5) is 4.44. The van der Waals surface area contributed by atoms with Gasteiger partial charge in [-0.05, 0) is 13.0 Å². The van der Waals surface area contributed by atoms with Gasteiger partial charge in [-0.25, -0.2) is 0 Å². The largest absolute Gasteiger partial charge is 0.332 e. The second-order valence-electron chi connectivity index (χ2n) is 5.32. The summed E-state index contributed by atoms with van der Waals surface area (Å²) in [7, 11) is 0. The van der Waals surface area contributed by atoms with Crippen LogP contribution in [0.3, 0.4) is 0 Å². The van der Waals surface area contributed by atoms with Crippen LogP contribution in [0.4, 0.5) is 0 Å². The van der Waals surface area contributed by atoms with Crippen LogP contribution in [0, 0.1) is 6.92 Å². The van der Waals surface area contributed by atoms with Gasteiger partial charge in [0.2, 0.25) is 5.82 Å². The summed E-state index contributed by atoms with van der Waals surface area (Å²) >= 11 is 0. The molecule has 0 saturated carbocycles. The zero-order valence-electron chi connectivity index (χ0n) is 12.5. The van der Waals surface area contributed by atoms with Crippen molar-refractivity contribution in [1.82, 2.24) is 20.3 Å². The Bertz CT molecular complexity index is 923. The van der Waals surface area contributed by atoms with Gasteiger partial charge in [-0.2, -0.15) is 10.1 Å². The Morgan fingerprint density at radius 3 is 2.48 bits per heavy atom. The molecule has 4 rings (SSSR count). The second-order valence-corrected chi connectivity index (χ2v) is 5.32. The van der Waals surface area contributed by atoms with E-state index in [1.54, 1.807) is 0 Å². The highest BCUT2D eigenvalue weighted by atomic mass is 16.5. The van der Waals surface area contributed by atoms with E-state index in [2.05, 4.69) is 20.3 Å². The molecule has 0 aliphatic rings. The normalized spacial score (nSPS) is 10.8. The van der Waals surface area contributed by atoms with Crippen LogP contribution in [0.25, 0.3) is 34.2 Å². The molecule has 0 bridgehead atoms. The zero-order chi connectivity index (χ0) is 15.6. The summed E-state index contributed by atoms with van der Waals surface area (Å²) < 4.78 is 5.35. The Morgan fingerprint density at radius 2 is 1.70 bits per heavy atom. The number of nitrogens with zero attached hydrogens (tertiary/aromatic N) is 3. The van der Waals surface area contributed by atoms with Crippen molar-refractivity contribution < 1.29 is 4.52 Å². The number of aryl methyl sites for hydroxylation is 1. The predicted octanol–water partition coefficient (Wildman–Crippen LogP) is 4.10. The third-order valence-corrected chi connectivity index (χ3v) is 3.61. The van der Waals surface area contributed by atoms with Gasteiger partial charge in [-0.3, -0.25) is 5.10 Å². The predicted molar refractivity (Wildman–Crippen MR) is 87.5 cm³/mol. The fourth-order valence-corrected chi connectivity index (χ4v) is 2.34. The molecule has 0 atom stereocenters. The van der Waals surface area contributed by atoms with E-state index in [0.29, 0.717) is 17.4 Å². The lowest BCUT2D eigenvalue weighted by molar-refractivity contribution is 0.431. The average molecular weight is 302 g/mol. The molecule has 0 amide bonds. The lowest BCUT2D eigenvalue weighted by Gasteiger charge is -1.94. The first kappa shape index (κ1) is 13.5.